The maximum atomic E-state index is 12.1. The summed E-state index contributed by atoms with van der Waals surface area (Å²) in [6.07, 6.45) is 3.18. The molecule has 102 valence electrons. The molecule has 0 aromatic carbocycles. The zero-order valence-corrected chi connectivity index (χ0v) is 11.0. The molecule has 3 aromatic heterocycles. The molecule has 3 heterocycles. The Morgan fingerprint density at radius 2 is 2.25 bits per heavy atom. The van der Waals surface area contributed by atoms with Gasteiger partial charge in [-0.05, 0) is 13.0 Å². The number of aryl methyl sites for hydroxylation is 2. The number of fused-ring (bicyclic) bond motifs is 1. The van der Waals surface area contributed by atoms with Crippen LogP contribution in [-0.2, 0) is 13.6 Å². The average molecular weight is 272 g/mol. The number of hydrogen-bond acceptors (Lipinski definition) is 6. The normalized spacial score (nSPS) is 10.9. The molecule has 0 saturated heterocycles. The van der Waals surface area contributed by atoms with E-state index in [1.165, 1.54) is 6.20 Å². The molecule has 1 N–H and O–H groups in total. The van der Waals surface area contributed by atoms with Gasteiger partial charge in [0, 0.05) is 13.2 Å². The Bertz CT molecular complexity index is 775. The third-order valence-electron chi connectivity index (χ3n) is 3.02. The van der Waals surface area contributed by atoms with Crippen LogP contribution in [-0.4, -0.2) is 31.0 Å². The molecule has 1 amide bonds. The van der Waals surface area contributed by atoms with E-state index in [1.807, 2.05) is 0 Å². The molecule has 20 heavy (non-hydrogen) atoms. The van der Waals surface area contributed by atoms with Crippen LogP contribution >= 0.6 is 0 Å². The van der Waals surface area contributed by atoms with E-state index in [0.29, 0.717) is 17.0 Å². The molecule has 3 aromatic rings. The van der Waals surface area contributed by atoms with Crippen LogP contribution in [0.3, 0.4) is 0 Å². The van der Waals surface area contributed by atoms with Gasteiger partial charge in [-0.15, -0.1) is 0 Å². The standard InChI is InChI=1S/C12H12N6O2/c1-7-9(17-20-16-7)5-14-12(19)8-3-11-10(13-4-8)6-15-18(11)2/h3-4,6H,5H2,1-2H3,(H,14,19). The van der Waals surface area contributed by atoms with Crippen molar-refractivity contribution in [2.75, 3.05) is 0 Å². The highest BCUT2D eigenvalue weighted by molar-refractivity contribution is 5.96. The van der Waals surface area contributed by atoms with E-state index in [2.05, 4.69) is 30.3 Å². The van der Waals surface area contributed by atoms with Gasteiger partial charge in [-0.1, -0.05) is 10.3 Å². The fraction of sp³-hybridized carbons (Fsp3) is 0.250. The van der Waals surface area contributed by atoms with Crippen molar-refractivity contribution in [3.63, 3.8) is 0 Å². The lowest BCUT2D eigenvalue weighted by Gasteiger charge is -2.03. The van der Waals surface area contributed by atoms with Gasteiger partial charge in [0.25, 0.3) is 5.91 Å². The van der Waals surface area contributed by atoms with Crippen molar-refractivity contribution in [2.45, 2.75) is 13.5 Å². The first-order valence-electron chi connectivity index (χ1n) is 5.99. The molecule has 0 bridgehead atoms. The Labute approximate surface area is 113 Å². The molecule has 3 rings (SSSR count). The fourth-order valence-corrected chi connectivity index (χ4v) is 1.83. The van der Waals surface area contributed by atoms with Gasteiger partial charge < -0.3 is 5.32 Å². The summed E-state index contributed by atoms with van der Waals surface area (Å²) in [7, 11) is 1.80. The number of nitrogens with zero attached hydrogens (tertiary/aromatic N) is 5. The maximum absolute atomic E-state index is 12.1. The average Bonchev–Trinajstić information content (AvgIpc) is 3.03. The van der Waals surface area contributed by atoms with Crippen LogP contribution in [0.1, 0.15) is 21.7 Å². The monoisotopic (exact) mass is 272 g/mol. The number of amides is 1. The van der Waals surface area contributed by atoms with Crippen molar-refractivity contribution in [3.05, 3.63) is 35.4 Å². The minimum atomic E-state index is -0.233. The van der Waals surface area contributed by atoms with E-state index in [4.69, 9.17) is 0 Å². The predicted molar refractivity (Wildman–Crippen MR) is 68.7 cm³/mol. The highest BCUT2D eigenvalue weighted by Crippen LogP contribution is 2.12. The van der Waals surface area contributed by atoms with Gasteiger partial charge in [0.1, 0.15) is 16.9 Å². The number of rotatable bonds is 3. The number of hydrogen-bond donors (Lipinski definition) is 1. The van der Waals surface area contributed by atoms with E-state index in [0.717, 1.165) is 11.0 Å². The molecule has 0 aliphatic carbocycles. The Morgan fingerprint density at radius 1 is 1.40 bits per heavy atom. The summed E-state index contributed by atoms with van der Waals surface area (Å²) in [5.74, 6) is -0.233. The number of aromatic nitrogens is 5. The fourth-order valence-electron chi connectivity index (χ4n) is 1.83. The molecule has 0 fully saturated rings. The Balaban J connectivity index is 1.78. The van der Waals surface area contributed by atoms with Crippen LogP contribution in [0.25, 0.3) is 11.0 Å². The van der Waals surface area contributed by atoms with E-state index in [1.54, 1.807) is 30.9 Å². The lowest BCUT2D eigenvalue weighted by molar-refractivity contribution is 0.0950. The number of pyridine rings is 1. The van der Waals surface area contributed by atoms with E-state index < -0.39 is 0 Å². The molecule has 0 saturated carbocycles. The second-order valence-corrected chi connectivity index (χ2v) is 4.38. The third kappa shape index (κ3) is 2.11. The first-order chi connectivity index (χ1) is 9.65. The molecule has 0 aliphatic rings. The summed E-state index contributed by atoms with van der Waals surface area (Å²) >= 11 is 0. The van der Waals surface area contributed by atoms with Crippen LogP contribution in [0.15, 0.2) is 23.1 Å². The topological polar surface area (TPSA) is 98.7 Å². The summed E-state index contributed by atoms with van der Waals surface area (Å²) in [5, 5.41) is 14.2. The van der Waals surface area contributed by atoms with Gasteiger partial charge in [0.15, 0.2) is 0 Å². The third-order valence-corrected chi connectivity index (χ3v) is 3.02. The van der Waals surface area contributed by atoms with Crippen molar-refractivity contribution < 1.29 is 9.42 Å². The lowest BCUT2D eigenvalue weighted by atomic mass is 10.2. The Hall–Kier alpha value is -2.77. The van der Waals surface area contributed by atoms with Gasteiger partial charge in [-0.25, -0.2) is 4.63 Å². The highest BCUT2D eigenvalue weighted by Gasteiger charge is 2.11. The van der Waals surface area contributed by atoms with Crippen LogP contribution in [0, 0.1) is 6.92 Å². The van der Waals surface area contributed by atoms with Gasteiger partial charge in [0.05, 0.1) is 23.8 Å². The quantitative estimate of drug-likeness (QED) is 0.749. The van der Waals surface area contributed by atoms with Crippen LogP contribution < -0.4 is 5.32 Å². The Kier molecular flexibility index (Phi) is 2.90. The van der Waals surface area contributed by atoms with Crippen molar-refractivity contribution >= 4 is 16.9 Å². The summed E-state index contributed by atoms with van der Waals surface area (Å²) in [6, 6.07) is 1.75. The SMILES string of the molecule is Cc1nonc1CNC(=O)c1cnc2cnn(C)c2c1. The van der Waals surface area contributed by atoms with Gasteiger partial charge in [-0.3, -0.25) is 14.5 Å². The number of carbonyl (C=O) groups excluding carboxylic acids is 1. The van der Waals surface area contributed by atoms with E-state index >= 15 is 0 Å². The molecule has 0 radical (unpaired) electrons. The van der Waals surface area contributed by atoms with Crippen LogP contribution in [0.4, 0.5) is 0 Å². The zero-order valence-electron chi connectivity index (χ0n) is 11.0. The first-order valence-corrected chi connectivity index (χ1v) is 5.99. The molecular weight excluding hydrogens is 260 g/mol. The molecular formula is C12H12N6O2. The lowest BCUT2D eigenvalue weighted by Crippen LogP contribution is -2.23. The smallest absolute Gasteiger partial charge is 0.253 e. The van der Waals surface area contributed by atoms with Gasteiger partial charge in [-0.2, -0.15) is 5.10 Å². The van der Waals surface area contributed by atoms with E-state index in [9.17, 15) is 4.79 Å². The minimum absolute atomic E-state index is 0.233. The second-order valence-electron chi connectivity index (χ2n) is 4.38. The largest absolute Gasteiger partial charge is 0.346 e. The zero-order chi connectivity index (χ0) is 14.1. The second kappa shape index (κ2) is 4.72. The number of carbonyl (C=O) groups is 1. The van der Waals surface area contributed by atoms with Crippen molar-refractivity contribution in [1.82, 2.24) is 30.4 Å². The molecule has 8 heteroatoms. The van der Waals surface area contributed by atoms with Gasteiger partial charge >= 0.3 is 0 Å². The summed E-state index contributed by atoms with van der Waals surface area (Å²) in [4.78, 5) is 16.3. The molecule has 0 unspecified atom stereocenters. The highest BCUT2D eigenvalue weighted by atomic mass is 16.6. The molecule has 0 spiro atoms. The van der Waals surface area contributed by atoms with Crippen LogP contribution in [0.5, 0.6) is 0 Å². The first kappa shape index (κ1) is 12.3. The predicted octanol–water partition coefficient (Wildman–Crippen LogP) is 0.590. The van der Waals surface area contributed by atoms with Crippen molar-refractivity contribution in [1.29, 1.82) is 0 Å². The maximum Gasteiger partial charge on any atom is 0.253 e. The summed E-state index contributed by atoms with van der Waals surface area (Å²) in [5.41, 5.74) is 3.28. The molecule has 0 aliphatic heterocycles. The van der Waals surface area contributed by atoms with Crippen molar-refractivity contribution in [3.8, 4) is 0 Å². The Morgan fingerprint density at radius 3 is 3.00 bits per heavy atom. The minimum Gasteiger partial charge on any atom is -0.346 e. The summed E-state index contributed by atoms with van der Waals surface area (Å²) in [6.45, 7) is 2.03. The summed E-state index contributed by atoms with van der Waals surface area (Å²) < 4.78 is 6.24. The molecule has 8 nitrogen and oxygen atoms in total. The van der Waals surface area contributed by atoms with E-state index in [-0.39, 0.29) is 12.5 Å². The van der Waals surface area contributed by atoms with Crippen LogP contribution in [0.2, 0.25) is 0 Å². The van der Waals surface area contributed by atoms with Gasteiger partial charge in [0.2, 0.25) is 0 Å². The number of nitrogens with one attached hydrogen (secondary N) is 1. The molecule has 0 atom stereocenters. The van der Waals surface area contributed by atoms with Crippen molar-refractivity contribution in [2.24, 2.45) is 7.05 Å².